The molecule has 3 rings (SSSR count). The normalized spacial score (nSPS) is 21.5. The summed E-state index contributed by atoms with van der Waals surface area (Å²) in [6, 6.07) is 8.49. The highest BCUT2D eigenvalue weighted by atomic mass is 16.5. The largest absolute Gasteiger partial charge is 0.497 e. The van der Waals surface area contributed by atoms with Crippen molar-refractivity contribution in [2.75, 3.05) is 33.8 Å². The fourth-order valence-corrected chi connectivity index (χ4v) is 2.68. The SMILES string of the molecule is COc1ccc2cc(C3CCNCCN3C)oc2c1. The first-order chi connectivity index (χ1) is 9.28. The number of methoxy groups -OCH3 is 1. The maximum atomic E-state index is 6.03. The number of ether oxygens (including phenoxy) is 1. The molecule has 0 bridgehead atoms. The van der Waals surface area contributed by atoms with Gasteiger partial charge in [-0.2, -0.15) is 0 Å². The summed E-state index contributed by atoms with van der Waals surface area (Å²) in [5.41, 5.74) is 0.903. The molecule has 4 nitrogen and oxygen atoms in total. The first kappa shape index (κ1) is 12.5. The zero-order valence-electron chi connectivity index (χ0n) is 11.5. The van der Waals surface area contributed by atoms with Crippen LogP contribution in [0.25, 0.3) is 11.0 Å². The van der Waals surface area contributed by atoms with Crippen molar-refractivity contribution in [1.29, 1.82) is 0 Å². The average Bonchev–Trinajstić information content (AvgIpc) is 2.72. The van der Waals surface area contributed by atoms with E-state index in [1.807, 2.05) is 12.1 Å². The lowest BCUT2D eigenvalue weighted by molar-refractivity contribution is 0.229. The zero-order chi connectivity index (χ0) is 13.2. The molecule has 0 saturated carbocycles. The lowest BCUT2D eigenvalue weighted by Crippen LogP contribution is -2.26. The molecule has 1 N–H and O–H groups in total. The van der Waals surface area contributed by atoms with Crippen LogP contribution in [0.2, 0.25) is 0 Å². The molecule has 1 atom stereocenters. The summed E-state index contributed by atoms with van der Waals surface area (Å²) in [6.45, 7) is 3.13. The molecule has 0 radical (unpaired) electrons. The number of likely N-dealkylation sites (N-methyl/N-ethyl adjacent to an activating group) is 1. The Balaban J connectivity index is 1.95. The van der Waals surface area contributed by atoms with Gasteiger partial charge in [-0.15, -0.1) is 0 Å². The van der Waals surface area contributed by atoms with Gasteiger partial charge in [0.25, 0.3) is 0 Å². The van der Waals surface area contributed by atoms with Crippen LogP contribution in [-0.2, 0) is 0 Å². The summed E-state index contributed by atoms with van der Waals surface area (Å²) in [7, 11) is 3.83. The Morgan fingerprint density at radius 3 is 3.05 bits per heavy atom. The van der Waals surface area contributed by atoms with Crippen LogP contribution in [0.3, 0.4) is 0 Å². The Morgan fingerprint density at radius 2 is 2.21 bits per heavy atom. The van der Waals surface area contributed by atoms with Crippen molar-refractivity contribution in [2.45, 2.75) is 12.5 Å². The predicted molar refractivity (Wildman–Crippen MR) is 75.6 cm³/mol. The second-order valence-corrected chi connectivity index (χ2v) is 5.09. The van der Waals surface area contributed by atoms with E-state index >= 15 is 0 Å². The van der Waals surface area contributed by atoms with Crippen molar-refractivity contribution in [3.8, 4) is 5.75 Å². The summed E-state index contributed by atoms with van der Waals surface area (Å²) >= 11 is 0. The van der Waals surface area contributed by atoms with Crippen LogP contribution in [0, 0.1) is 0 Å². The smallest absolute Gasteiger partial charge is 0.138 e. The molecule has 1 aliphatic heterocycles. The zero-order valence-corrected chi connectivity index (χ0v) is 11.5. The van der Waals surface area contributed by atoms with Crippen LogP contribution in [0.5, 0.6) is 5.75 Å². The van der Waals surface area contributed by atoms with E-state index in [9.17, 15) is 0 Å². The quantitative estimate of drug-likeness (QED) is 0.900. The number of rotatable bonds is 2. The molecule has 1 fully saturated rings. The van der Waals surface area contributed by atoms with Crippen LogP contribution >= 0.6 is 0 Å². The number of nitrogens with zero attached hydrogens (tertiary/aromatic N) is 1. The second-order valence-electron chi connectivity index (χ2n) is 5.09. The van der Waals surface area contributed by atoms with Gasteiger partial charge in [-0.05, 0) is 38.2 Å². The molecule has 0 spiro atoms. The monoisotopic (exact) mass is 260 g/mol. The lowest BCUT2D eigenvalue weighted by atomic mass is 10.1. The average molecular weight is 260 g/mol. The van der Waals surface area contributed by atoms with Gasteiger partial charge in [-0.1, -0.05) is 0 Å². The maximum absolute atomic E-state index is 6.03. The minimum atomic E-state index is 0.355. The van der Waals surface area contributed by atoms with E-state index < -0.39 is 0 Å². The van der Waals surface area contributed by atoms with Gasteiger partial charge in [0.1, 0.15) is 17.1 Å². The Kier molecular flexibility index (Phi) is 3.44. The molecule has 1 unspecified atom stereocenters. The first-order valence-electron chi connectivity index (χ1n) is 6.76. The van der Waals surface area contributed by atoms with Crippen molar-refractivity contribution in [3.63, 3.8) is 0 Å². The highest BCUT2D eigenvalue weighted by Gasteiger charge is 2.22. The van der Waals surface area contributed by atoms with Crippen LogP contribution in [-0.4, -0.2) is 38.7 Å². The Hall–Kier alpha value is -1.52. The van der Waals surface area contributed by atoms with Gasteiger partial charge in [-0.3, -0.25) is 4.90 Å². The number of hydrogen-bond acceptors (Lipinski definition) is 4. The molecule has 102 valence electrons. The molecule has 4 heteroatoms. The van der Waals surface area contributed by atoms with E-state index in [2.05, 4.69) is 29.4 Å². The van der Waals surface area contributed by atoms with E-state index in [0.717, 1.165) is 48.5 Å². The molecule has 1 aliphatic rings. The van der Waals surface area contributed by atoms with Gasteiger partial charge in [0.15, 0.2) is 0 Å². The van der Waals surface area contributed by atoms with E-state index in [4.69, 9.17) is 9.15 Å². The highest BCUT2D eigenvalue weighted by Crippen LogP contribution is 2.31. The van der Waals surface area contributed by atoms with E-state index in [-0.39, 0.29) is 0 Å². The van der Waals surface area contributed by atoms with Crippen molar-refractivity contribution in [2.24, 2.45) is 0 Å². The topological polar surface area (TPSA) is 37.6 Å². The van der Waals surface area contributed by atoms with Crippen LogP contribution < -0.4 is 10.1 Å². The maximum Gasteiger partial charge on any atom is 0.138 e. The van der Waals surface area contributed by atoms with Gasteiger partial charge in [0.05, 0.1) is 13.2 Å². The van der Waals surface area contributed by atoms with E-state index in [1.54, 1.807) is 7.11 Å². The minimum absolute atomic E-state index is 0.355. The van der Waals surface area contributed by atoms with Crippen molar-refractivity contribution in [3.05, 3.63) is 30.0 Å². The van der Waals surface area contributed by atoms with Crippen molar-refractivity contribution >= 4 is 11.0 Å². The van der Waals surface area contributed by atoms with Crippen LogP contribution in [0.1, 0.15) is 18.2 Å². The second kappa shape index (κ2) is 5.23. The van der Waals surface area contributed by atoms with Gasteiger partial charge in [-0.25, -0.2) is 0 Å². The number of fused-ring (bicyclic) bond motifs is 1. The Bertz CT molecular complexity index is 564. The number of furan rings is 1. The third-order valence-electron chi connectivity index (χ3n) is 3.84. The molecule has 2 heterocycles. The van der Waals surface area contributed by atoms with Gasteiger partial charge < -0.3 is 14.5 Å². The van der Waals surface area contributed by atoms with Crippen molar-refractivity contribution in [1.82, 2.24) is 10.2 Å². The summed E-state index contributed by atoms with van der Waals surface area (Å²) in [6.07, 6.45) is 1.08. The molecule has 1 aromatic heterocycles. The van der Waals surface area contributed by atoms with Crippen LogP contribution in [0.15, 0.2) is 28.7 Å². The first-order valence-corrected chi connectivity index (χ1v) is 6.76. The van der Waals surface area contributed by atoms with E-state index in [1.165, 1.54) is 0 Å². The summed E-state index contributed by atoms with van der Waals surface area (Å²) < 4.78 is 11.3. The van der Waals surface area contributed by atoms with Gasteiger partial charge in [0, 0.05) is 24.5 Å². The molecule has 0 aliphatic carbocycles. The van der Waals surface area contributed by atoms with Gasteiger partial charge in [0.2, 0.25) is 0 Å². The number of benzene rings is 1. The minimum Gasteiger partial charge on any atom is -0.497 e. The van der Waals surface area contributed by atoms with Crippen molar-refractivity contribution < 1.29 is 9.15 Å². The summed E-state index contributed by atoms with van der Waals surface area (Å²) in [5, 5.41) is 4.57. The highest BCUT2D eigenvalue weighted by molar-refractivity contribution is 5.79. The van der Waals surface area contributed by atoms with Gasteiger partial charge >= 0.3 is 0 Å². The third-order valence-corrected chi connectivity index (χ3v) is 3.84. The number of nitrogens with one attached hydrogen (secondary N) is 1. The molecular weight excluding hydrogens is 240 g/mol. The fourth-order valence-electron chi connectivity index (χ4n) is 2.68. The number of hydrogen-bond donors (Lipinski definition) is 1. The third kappa shape index (κ3) is 2.46. The summed E-state index contributed by atoms with van der Waals surface area (Å²) in [4.78, 5) is 2.36. The summed E-state index contributed by atoms with van der Waals surface area (Å²) in [5.74, 6) is 1.89. The Labute approximate surface area is 113 Å². The fraction of sp³-hybridized carbons (Fsp3) is 0.467. The molecule has 0 amide bonds. The molecule has 1 saturated heterocycles. The van der Waals surface area contributed by atoms with E-state index in [0.29, 0.717) is 6.04 Å². The lowest BCUT2D eigenvalue weighted by Gasteiger charge is -2.22. The molecule has 19 heavy (non-hydrogen) atoms. The van der Waals surface area contributed by atoms with Crippen LogP contribution in [0.4, 0.5) is 0 Å². The standard InChI is InChI=1S/C15H20N2O2/c1-17-8-7-16-6-5-13(17)15-9-11-3-4-12(18-2)10-14(11)19-15/h3-4,9-10,13,16H,5-8H2,1-2H3. The predicted octanol–water partition coefficient (Wildman–Crippen LogP) is 2.41. The Morgan fingerprint density at radius 1 is 1.32 bits per heavy atom. The molecule has 1 aromatic carbocycles. The molecule has 2 aromatic rings. The molecular formula is C15H20N2O2.